The number of rotatable bonds is 12. The highest BCUT2D eigenvalue weighted by atomic mass is 16.5. The summed E-state index contributed by atoms with van der Waals surface area (Å²) in [5.74, 6) is -0.172. The lowest BCUT2D eigenvalue weighted by Crippen LogP contribution is -2.47. The third kappa shape index (κ3) is 7.82. The third-order valence-corrected chi connectivity index (χ3v) is 3.67. The highest BCUT2D eigenvalue weighted by molar-refractivity contribution is 5.75. The summed E-state index contributed by atoms with van der Waals surface area (Å²) in [5, 5.41) is 3.19. The average Bonchev–Trinajstić information content (AvgIpc) is 2.48. The molecule has 0 aliphatic carbocycles. The molecule has 0 heterocycles. The maximum atomic E-state index is 11.7. The molecule has 5 heteroatoms. The molecule has 0 radical (unpaired) electrons. The van der Waals surface area contributed by atoms with E-state index < -0.39 is 0 Å². The molecule has 0 amide bonds. The van der Waals surface area contributed by atoms with Gasteiger partial charge in [0, 0.05) is 6.54 Å². The van der Waals surface area contributed by atoms with Crippen LogP contribution in [0, 0.1) is 0 Å². The standard InChI is InChI=1S/C15H33N3O2/c1-6-16-14(15(19)20-5)13-18(9-4)12-10-11-17(7-2)8-3/h14,16H,6-13H2,1-5H3. The van der Waals surface area contributed by atoms with Gasteiger partial charge in [0.2, 0.25) is 0 Å². The molecule has 120 valence electrons. The van der Waals surface area contributed by atoms with Gasteiger partial charge in [0.15, 0.2) is 0 Å². The first-order valence-electron chi connectivity index (χ1n) is 7.88. The lowest BCUT2D eigenvalue weighted by atomic mass is 10.2. The number of nitrogens with one attached hydrogen (secondary N) is 1. The number of carbonyl (C=O) groups is 1. The van der Waals surface area contributed by atoms with Crippen molar-refractivity contribution in [2.24, 2.45) is 0 Å². The van der Waals surface area contributed by atoms with Crippen molar-refractivity contribution in [3.05, 3.63) is 0 Å². The van der Waals surface area contributed by atoms with Gasteiger partial charge in [0.1, 0.15) is 6.04 Å². The van der Waals surface area contributed by atoms with Gasteiger partial charge >= 0.3 is 5.97 Å². The van der Waals surface area contributed by atoms with Gasteiger partial charge in [-0.2, -0.15) is 0 Å². The molecule has 0 aromatic rings. The Morgan fingerprint density at radius 1 is 1.05 bits per heavy atom. The average molecular weight is 287 g/mol. The molecular weight excluding hydrogens is 254 g/mol. The molecule has 5 nitrogen and oxygen atoms in total. The Bertz CT molecular complexity index is 245. The summed E-state index contributed by atoms with van der Waals surface area (Å²) < 4.78 is 4.85. The molecule has 0 spiro atoms. The van der Waals surface area contributed by atoms with Crippen LogP contribution in [0.5, 0.6) is 0 Å². The van der Waals surface area contributed by atoms with E-state index in [1.807, 2.05) is 6.92 Å². The fourth-order valence-electron chi connectivity index (χ4n) is 2.31. The summed E-state index contributed by atoms with van der Waals surface area (Å²) in [6, 6.07) is -0.224. The van der Waals surface area contributed by atoms with E-state index in [1.54, 1.807) is 0 Å². The van der Waals surface area contributed by atoms with Gasteiger partial charge in [-0.05, 0) is 45.7 Å². The fourth-order valence-corrected chi connectivity index (χ4v) is 2.31. The Kier molecular flexibility index (Phi) is 11.7. The van der Waals surface area contributed by atoms with E-state index in [4.69, 9.17) is 4.74 Å². The molecule has 1 atom stereocenters. The maximum Gasteiger partial charge on any atom is 0.324 e. The van der Waals surface area contributed by atoms with Gasteiger partial charge < -0.3 is 19.9 Å². The Labute approximate surface area is 124 Å². The summed E-state index contributed by atoms with van der Waals surface area (Å²) in [5.41, 5.74) is 0. The number of esters is 1. The summed E-state index contributed by atoms with van der Waals surface area (Å²) >= 11 is 0. The molecule has 0 aliphatic heterocycles. The van der Waals surface area contributed by atoms with E-state index in [0.717, 1.165) is 52.2 Å². The number of methoxy groups -OCH3 is 1. The first kappa shape index (κ1) is 19.4. The van der Waals surface area contributed by atoms with Gasteiger partial charge in [0.05, 0.1) is 7.11 Å². The molecule has 0 aromatic carbocycles. The predicted molar refractivity (Wildman–Crippen MR) is 84.0 cm³/mol. The van der Waals surface area contributed by atoms with E-state index in [1.165, 1.54) is 7.11 Å². The van der Waals surface area contributed by atoms with Crippen molar-refractivity contribution in [2.75, 3.05) is 52.9 Å². The van der Waals surface area contributed by atoms with Crippen LogP contribution in [0.15, 0.2) is 0 Å². The van der Waals surface area contributed by atoms with Crippen LogP contribution in [0.4, 0.5) is 0 Å². The molecule has 1 unspecified atom stereocenters. The van der Waals surface area contributed by atoms with Crippen LogP contribution in [0.3, 0.4) is 0 Å². The van der Waals surface area contributed by atoms with Crippen LogP contribution in [-0.4, -0.2) is 74.7 Å². The minimum Gasteiger partial charge on any atom is -0.468 e. The highest BCUT2D eigenvalue weighted by Crippen LogP contribution is 1.99. The first-order chi connectivity index (χ1) is 9.62. The highest BCUT2D eigenvalue weighted by Gasteiger charge is 2.20. The van der Waals surface area contributed by atoms with Crippen molar-refractivity contribution in [3.8, 4) is 0 Å². The first-order valence-corrected chi connectivity index (χ1v) is 7.88. The van der Waals surface area contributed by atoms with Crippen molar-refractivity contribution in [3.63, 3.8) is 0 Å². The fraction of sp³-hybridized carbons (Fsp3) is 0.933. The zero-order valence-corrected chi connectivity index (χ0v) is 13.9. The Morgan fingerprint density at radius 2 is 1.60 bits per heavy atom. The van der Waals surface area contributed by atoms with E-state index in [0.29, 0.717) is 0 Å². The molecule has 0 fully saturated rings. The molecule has 1 N–H and O–H groups in total. The summed E-state index contributed by atoms with van der Waals surface area (Å²) in [6.07, 6.45) is 1.13. The SMILES string of the molecule is CCNC(CN(CC)CCCN(CC)CC)C(=O)OC. The van der Waals surface area contributed by atoms with E-state index >= 15 is 0 Å². The van der Waals surface area contributed by atoms with Gasteiger partial charge in [0.25, 0.3) is 0 Å². The topological polar surface area (TPSA) is 44.8 Å². The summed E-state index contributed by atoms with van der Waals surface area (Å²) in [4.78, 5) is 16.4. The second-order valence-corrected chi connectivity index (χ2v) is 4.91. The molecule has 0 aromatic heterocycles. The quantitative estimate of drug-likeness (QED) is 0.546. The van der Waals surface area contributed by atoms with E-state index in [9.17, 15) is 4.79 Å². The Hall–Kier alpha value is -0.650. The molecule has 20 heavy (non-hydrogen) atoms. The minimum absolute atomic E-state index is 0.172. The van der Waals surface area contributed by atoms with Crippen molar-refractivity contribution in [1.29, 1.82) is 0 Å². The zero-order valence-electron chi connectivity index (χ0n) is 13.9. The van der Waals surface area contributed by atoms with Crippen LogP contribution in [0.2, 0.25) is 0 Å². The minimum atomic E-state index is -0.224. The molecule has 0 saturated carbocycles. The normalized spacial score (nSPS) is 12.9. The number of hydrogen-bond acceptors (Lipinski definition) is 5. The summed E-state index contributed by atoms with van der Waals surface area (Å²) in [6.45, 7) is 15.3. The van der Waals surface area contributed by atoms with Gasteiger partial charge in [-0.1, -0.05) is 27.7 Å². The van der Waals surface area contributed by atoms with Crippen LogP contribution < -0.4 is 5.32 Å². The smallest absolute Gasteiger partial charge is 0.324 e. The summed E-state index contributed by atoms with van der Waals surface area (Å²) in [7, 11) is 1.45. The van der Waals surface area contributed by atoms with Gasteiger partial charge in [-0.15, -0.1) is 0 Å². The lowest BCUT2D eigenvalue weighted by Gasteiger charge is -2.26. The molecule has 0 bridgehead atoms. The van der Waals surface area contributed by atoms with Gasteiger partial charge in [-0.3, -0.25) is 4.79 Å². The van der Waals surface area contributed by atoms with Crippen LogP contribution in [0.1, 0.15) is 34.1 Å². The number of nitrogens with zero attached hydrogens (tertiary/aromatic N) is 2. The number of ether oxygens (including phenoxy) is 1. The Balaban J connectivity index is 4.19. The van der Waals surface area contributed by atoms with Crippen LogP contribution >= 0.6 is 0 Å². The lowest BCUT2D eigenvalue weighted by molar-refractivity contribution is -0.143. The molecular formula is C15H33N3O2. The molecule has 0 aliphatic rings. The molecule has 0 saturated heterocycles. The second-order valence-electron chi connectivity index (χ2n) is 4.91. The van der Waals surface area contributed by atoms with Gasteiger partial charge in [-0.25, -0.2) is 0 Å². The third-order valence-electron chi connectivity index (χ3n) is 3.67. The van der Waals surface area contributed by atoms with E-state index in [-0.39, 0.29) is 12.0 Å². The second kappa shape index (κ2) is 12.1. The predicted octanol–water partition coefficient (Wildman–Crippen LogP) is 1.19. The number of carbonyl (C=O) groups excluding carboxylic acids is 1. The van der Waals surface area contributed by atoms with Crippen LogP contribution in [-0.2, 0) is 9.53 Å². The van der Waals surface area contributed by atoms with Crippen molar-refractivity contribution >= 4 is 5.97 Å². The molecule has 0 rings (SSSR count). The van der Waals surface area contributed by atoms with Crippen molar-refractivity contribution in [1.82, 2.24) is 15.1 Å². The Morgan fingerprint density at radius 3 is 2.05 bits per heavy atom. The largest absolute Gasteiger partial charge is 0.468 e. The zero-order chi connectivity index (χ0) is 15.4. The monoisotopic (exact) mass is 287 g/mol. The van der Waals surface area contributed by atoms with E-state index in [2.05, 4.69) is 35.9 Å². The maximum absolute atomic E-state index is 11.7. The number of hydrogen-bond donors (Lipinski definition) is 1. The van der Waals surface area contributed by atoms with Crippen molar-refractivity contribution in [2.45, 2.75) is 40.2 Å². The number of likely N-dealkylation sites (N-methyl/N-ethyl adjacent to an activating group) is 2. The van der Waals surface area contributed by atoms with Crippen molar-refractivity contribution < 1.29 is 9.53 Å². The van der Waals surface area contributed by atoms with Crippen LogP contribution in [0.25, 0.3) is 0 Å².